The molecular weight excluding hydrogens is 621 g/mol. The number of pyridine rings is 1. The van der Waals surface area contributed by atoms with Crippen LogP contribution in [-0.4, -0.2) is 101 Å². The molecule has 0 atom stereocenters. The molecule has 1 N–H and O–H groups in total. The van der Waals surface area contributed by atoms with Gasteiger partial charge in [0.15, 0.2) is 11.5 Å². The van der Waals surface area contributed by atoms with Crippen molar-refractivity contribution in [1.29, 1.82) is 5.26 Å². The third-order valence-electron chi connectivity index (χ3n) is 7.41. The van der Waals surface area contributed by atoms with Gasteiger partial charge in [-0.15, -0.1) is 0 Å². The second-order valence-corrected chi connectivity index (χ2v) is 11.1. The number of nitrogens with zero attached hydrogens (tertiary/aromatic N) is 4. The Kier molecular flexibility index (Phi) is 13.2. The van der Waals surface area contributed by atoms with Gasteiger partial charge in [-0.2, -0.15) is 5.26 Å². The van der Waals surface area contributed by atoms with Gasteiger partial charge in [-0.05, 0) is 25.5 Å². The third-order valence-corrected chi connectivity index (χ3v) is 8.02. The summed E-state index contributed by atoms with van der Waals surface area (Å²) < 4.78 is 27.8. The second kappa shape index (κ2) is 17.2. The number of carbonyl (C=O) groups excluding carboxylic acids is 1. The number of methoxy groups -OCH3 is 2. The van der Waals surface area contributed by atoms with Gasteiger partial charge in [-0.3, -0.25) is 14.7 Å². The maximum Gasteiger partial charge on any atom is 0.224 e. The van der Waals surface area contributed by atoms with Crippen molar-refractivity contribution in [2.45, 2.75) is 19.8 Å². The van der Waals surface area contributed by atoms with E-state index < -0.39 is 0 Å². The van der Waals surface area contributed by atoms with Crippen LogP contribution in [0.5, 0.6) is 17.2 Å². The van der Waals surface area contributed by atoms with Crippen LogP contribution in [0, 0.1) is 11.3 Å². The summed E-state index contributed by atoms with van der Waals surface area (Å²) >= 11 is 12.7. The number of nitrogens with one attached hydrogen (secondary N) is 1. The van der Waals surface area contributed by atoms with Crippen molar-refractivity contribution in [3.05, 3.63) is 46.1 Å². The van der Waals surface area contributed by atoms with Crippen molar-refractivity contribution in [3.63, 3.8) is 0 Å². The molecule has 2 aromatic carbocycles. The van der Waals surface area contributed by atoms with Crippen molar-refractivity contribution < 1.29 is 28.5 Å². The van der Waals surface area contributed by atoms with Crippen LogP contribution in [0.3, 0.4) is 0 Å². The molecule has 1 aliphatic rings. The highest BCUT2D eigenvalue weighted by molar-refractivity contribution is 6.37. The molecule has 0 bridgehead atoms. The SMILES string of the molecule is CCOCCOCCC(=O)N1CCN(CCCOc2cc3ncc(C#N)c(Nc4cc(OC)c(Cl)cc4Cl)c3cc2OC)CC1. The number of fused-ring (bicyclic) bond motifs is 1. The molecule has 1 aliphatic heterocycles. The van der Waals surface area contributed by atoms with E-state index in [1.807, 2.05) is 11.8 Å². The van der Waals surface area contributed by atoms with E-state index in [9.17, 15) is 10.1 Å². The zero-order chi connectivity index (χ0) is 32.2. The van der Waals surface area contributed by atoms with Gasteiger partial charge in [-0.1, -0.05) is 23.2 Å². The van der Waals surface area contributed by atoms with Crippen molar-refractivity contribution in [2.75, 3.05) is 85.3 Å². The molecule has 2 heterocycles. The lowest BCUT2D eigenvalue weighted by atomic mass is 10.1. The van der Waals surface area contributed by atoms with Gasteiger partial charge in [0.1, 0.15) is 11.8 Å². The number of anilines is 2. The van der Waals surface area contributed by atoms with E-state index in [2.05, 4.69) is 21.3 Å². The van der Waals surface area contributed by atoms with E-state index in [1.165, 1.54) is 13.3 Å². The fraction of sp³-hybridized carbons (Fsp3) is 0.469. The molecule has 45 heavy (non-hydrogen) atoms. The lowest BCUT2D eigenvalue weighted by Gasteiger charge is -2.34. The highest BCUT2D eigenvalue weighted by atomic mass is 35.5. The lowest BCUT2D eigenvalue weighted by molar-refractivity contribution is -0.134. The summed E-state index contributed by atoms with van der Waals surface area (Å²) in [6.45, 7) is 8.46. The number of halogens is 2. The Hall–Kier alpha value is -3.53. The van der Waals surface area contributed by atoms with Crippen LogP contribution in [0.2, 0.25) is 10.0 Å². The van der Waals surface area contributed by atoms with Crippen LogP contribution in [0.1, 0.15) is 25.3 Å². The number of piperazine rings is 1. The molecule has 3 aromatic rings. The minimum absolute atomic E-state index is 0.127. The van der Waals surface area contributed by atoms with Gasteiger partial charge in [0, 0.05) is 63.0 Å². The number of benzene rings is 2. The summed E-state index contributed by atoms with van der Waals surface area (Å²) in [6.07, 6.45) is 2.69. The van der Waals surface area contributed by atoms with Crippen LogP contribution in [-0.2, 0) is 14.3 Å². The van der Waals surface area contributed by atoms with Crippen molar-refractivity contribution in [3.8, 4) is 23.3 Å². The van der Waals surface area contributed by atoms with Crippen LogP contribution >= 0.6 is 23.2 Å². The minimum atomic E-state index is 0.127. The highest BCUT2D eigenvalue weighted by Gasteiger charge is 2.21. The Morgan fingerprint density at radius 3 is 2.42 bits per heavy atom. The van der Waals surface area contributed by atoms with E-state index in [4.69, 9.17) is 46.9 Å². The van der Waals surface area contributed by atoms with Gasteiger partial charge in [-0.25, -0.2) is 0 Å². The van der Waals surface area contributed by atoms with Gasteiger partial charge in [0.25, 0.3) is 0 Å². The van der Waals surface area contributed by atoms with Crippen molar-refractivity contribution in [2.24, 2.45) is 0 Å². The first-order valence-electron chi connectivity index (χ1n) is 14.9. The number of hydrogen-bond acceptors (Lipinski definition) is 10. The smallest absolute Gasteiger partial charge is 0.224 e. The second-order valence-electron chi connectivity index (χ2n) is 10.3. The zero-order valence-electron chi connectivity index (χ0n) is 25.9. The number of nitriles is 1. The molecule has 242 valence electrons. The molecule has 0 radical (unpaired) electrons. The summed E-state index contributed by atoms with van der Waals surface area (Å²) in [5, 5.41) is 14.5. The summed E-state index contributed by atoms with van der Waals surface area (Å²) in [6, 6.07) is 9.03. The molecule has 1 saturated heterocycles. The summed E-state index contributed by atoms with van der Waals surface area (Å²) in [4.78, 5) is 21.2. The molecule has 1 fully saturated rings. The lowest BCUT2D eigenvalue weighted by Crippen LogP contribution is -2.49. The average molecular weight is 661 g/mol. The normalized spacial score (nSPS) is 13.5. The molecule has 13 heteroatoms. The summed E-state index contributed by atoms with van der Waals surface area (Å²) in [7, 11) is 3.08. The van der Waals surface area contributed by atoms with Crippen LogP contribution in [0.15, 0.2) is 30.5 Å². The van der Waals surface area contributed by atoms with Crippen LogP contribution in [0.4, 0.5) is 11.4 Å². The fourth-order valence-electron chi connectivity index (χ4n) is 4.98. The van der Waals surface area contributed by atoms with Crippen LogP contribution < -0.4 is 19.5 Å². The number of ether oxygens (including phenoxy) is 5. The van der Waals surface area contributed by atoms with Crippen molar-refractivity contribution in [1.82, 2.24) is 14.8 Å². The standard InChI is InChI=1S/C32H39Cl2N5O6/c1-4-43-14-15-44-13-6-31(40)39-10-8-38(9-11-39)7-5-12-45-30-18-26-23(16-29(30)42-3)32(22(20-35)21-36-26)37-27-19-28(41-2)25(34)17-24(27)33/h16-19,21H,4-15H2,1-3H3,(H,36,37). The molecule has 4 rings (SSSR count). The Bertz CT molecular complexity index is 1490. The van der Waals surface area contributed by atoms with E-state index >= 15 is 0 Å². The molecule has 1 amide bonds. The molecule has 0 spiro atoms. The first-order valence-corrected chi connectivity index (χ1v) is 15.6. The zero-order valence-corrected chi connectivity index (χ0v) is 27.4. The van der Waals surface area contributed by atoms with Gasteiger partial charge >= 0.3 is 0 Å². The third kappa shape index (κ3) is 9.25. The number of hydrogen-bond donors (Lipinski definition) is 1. The number of aromatic nitrogens is 1. The predicted molar refractivity (Wildman–Crippen MR) is 174 cm³/mol. The van der Waals surface area contributed by atoms with Crippen molar-refractivity contribution >= 4 is 51.4 Å². The minimum Gasteiger partial charge on any atom is -0.495 e. The topological polar surface area (TPSA) is 118 Å². The Morgan fingerprint density at radius 1 is 0.956 bits per heavy atom. The number of rotatable bonds is 16. The number of amides is 1. The van der Waals surface area contributed by atoms with E-state index in [-0.39, 0.29) is 5.91 Å². The first kappa shape index (κ1) is 34.3. The average Bonchev–Trinajstić information content (AvgIpc) is 3.05. The Labute approximate surface area is 273 Å². The molecule has 11 nitrogen and oxygen atoms in total. The quantitative estimate of drug-likeness (QED) is 0.197. The van der Waals surface area contributed by atoms with Gasteiger partial charge in [0.2, 0.25) is 5.91 Å². The molecular formula is C32H39Cl2N5O6. The van der Waals surface area contributed by atoms with E-state index in [1.54, 1.807) is 31.4 Å². The van der Waals surface area contributed by atoms with Crippen LogP contribution in [0.25, 0.3) is 10.9 Å². The summed E-state index contributed by atoms with van der Waals surface area (Å²) in [5.74, 6) is 1.64. The van der Waals surface area contributed by atoms with Gasteiger partial charge in [0.05, 0.1) is 79.6 Å². The van der Waals surface area contributed by atoms with Gasteiger partial charge < -0.3 is 33.9 Å². The maximum absolute atomic E-state index is 12.5. The molecule has 1 aromatic heterocycles. The Morgan fingerprint density at radius 2 is 1.71 bits per heavy atom. The largest absolute Gasteiger partial charge is 0.495 e. The number of carbonyl (C=O) groups is 1. The first-order chi connectivity index (χ1) is 21.9. The van der Waals surface area contributed by atoms with E-state index in [0.717, 1.165) is 26.1 Å². The Balaban J connectivity index is 1.32. The molecule has 0 unspecified atom stereocenters. The molecule has 0 saturated carbocycles. The maximum atomic E-state index is 12.5. The highest BCUT2D eigenvalue weighted by Crippen LogP contribution is 2.40. The monoisotopic (exact) mass is 659 g/mol. The summed E-state index contributed by atoms with van der Waals surface area (Å²) in [5.41, 5.74) is 1.99. The predicted octanol–water partition coefficient (Wildman–Crippen LogP) is 5.53. The fourth-order valence-corrected chi connectivity index (χ4v) is 5.49. The van der Waals surface area contributed by atoms with E-state index in [0.29, 0.717) is 108 Å². The molecule has 0 aliphatic carbocycles.